The minimum atomic E-state index is -0.816. The summed E-state index contributed by atoms with van der Waals surface area (Å²) in [7, 11) is 1.82. The van der Waals surface area contributed by atoms with Crippen molar-refractivity contribution in [3.63, 3.8) is 0 Å². The Balaban J connectivity index is 1.67. The molecule has 9 heteroatoms. The van der Waals surface area contributed by atoms with Gasteiger partial charge in [-0.2, -0.15) is 9.49 Å². The van der Waals surface area contributed by atoms with Crippen LogP contribution in [-0.4, -0.2) is 19.7 Å². The zero-order chi connectivity index (χ0) is 24.1. The van der Waals surface area contributed by atoms with Crippen molar-refractivity contribution in [1.82, 2.24) is 19.7 Å². The molecule has 0 aliphatic heterocycles. The van der Waals surface area contributed by atoms with Crippen molar-refractivity contribution < 1.29 is 13.5 Å². The molecule has 0 unspecified atom stereocenters. The summed E-state index contributed by atoms with van der Waals surface area (Å²) < 4.78 is 28.1. The fourth-order valence-corrected chi connectivity index (χ4v) is 4.14. The SMILES string of the molecule is Cc1cc([C@@H](C)Oc2ccc(Cl)nc2F)c2oc(-c3ccc4nn(C)cc4n3)c(C)c(=O)c2c1. The highest BCUT2D eigenvalue weighted by atomic mass is 35.5. The summed E-state index contributed by atoms with van der Waals surface area (Å²) >= 11 is 5.75. The van der Waals surface area contributed by atoms with Crippen molar-refractivity contribution in [3.8, 4) is 17.2 Å². The first-order valence-electron chi connectivity index (χ1n) is 10.6. The fraction of sp³-hybridized carbons (Fsp3) is 0.200. The lowest BCUT2D eigenvalue weighted by Gasteiger charge is -2.18. The molecule has 0 N–H and O–H groups in total. The smallest absolute Gasteiger partial charge is 0.256 e. The van der Waals surface area contributed by atoms with Crippen LogP contribution in [0.5, 0.6) is 5.75 Å². The summed E-state index contributed by atoms with van der Waals surface area (Å²) in [6, 6.07) is 10.1. The van der Waals surface area contributed by atoms with E-state index in [1.807, 2.05) is 26.1 Å². The second kappa shape index (κ2) is 8.22. The third-order valence-electron chi connectivity index (χ3n) is 5.62. The van der Waals surface area contributed by atoms with Crippen molar-refractivity contribution in [2.75, 3.05) is 0 Å². The van der Waals surface area contributed by atoms with Crippen LogP contribution < -0.4 is 10.2 Å². The minimum absolute atomic E-state index is 0.0303. The van der Waals surface area contributed by atoms with E-state index in [-0.39, 0.29) is 16.3 Å². The number of nitrogens with zero attached hydrogens (tertiary/aromatic N) is 4. The van der Waals surface area contributed by atoms with Gasteiger partial charge in [0.15, 0.2) is 16.9 Å². The van der Waals surface area contributed by atoms with Gasteiger partial charge in [0.25, 0.3) is 5.95 Å². The highest BCUT2D eigenvalue weighted by Crippen LogP contribution is 2.33. The van der Waals surface area contributed by atoms with Crippen LogP contribution in [0.4, 0.5) is 4.39 Å². The third-order valence-corrected chi connectivity index (χ3v) is 5.83. The number of halogens is 2. The van der Waals surface area contributed by atoms with E-state index in [9.17, 15) is 9.18 Å². The van der Waals surface area contributed by atoms with Crippen LogP contribution >= 0.6 is 11.6 Å². The Hall–Kier alpha value is -3.78. The number of fused-ring (bicyclic) bond motifs is 2. The standard InChI is InChI=1S/C25H20ClFN4O3/c1-12-9-15(14(3)33-20-7-8-21(26)29-25(20)27)24-16(10-12)22(32)13(2)23(34-24)18-6-5-17-19(28-18)11-31(4)30-17/h5-11,14H,1-4H3/t14-/m1/s1. The maximum absolute atomic E-state index is 14.2. The second-order valence-electron chi connectivity index (χ2n) is 8.20. The molecule has 0 bridgehead atoms. The summed E-state index contributed by atoms with van der Waals surface area (Å²) in [6.07, 6.45) is 1.15. The average Bonchev–Trinajstić information content (AvgIpc) is 3.17. The van der Waals surface area contributed by atoms with Crippen molar-refractivity contribution in [2.24, 2.45) is 7.05 Å². The predicted molar refractivity (Wildman–Crippen MR) is 128 cm³/mol. The van der Waals surface area contributed by atoms with Crippen molar-refractivity contribution in [2.45, 2.75) is 26.9 Å². The van der Waals surface area contributed by atoms with E-state index in [2.05, 4.69) is 15.1 Å². The molecular weight excluding hydrogens is 459 g/mol. The Morgan fingerprint density at radius 1 is 1.12 bits per heavy atom. The number of benzene rings is 1. The van der Waals surface area contributed by atoms with E-state index in [0.29, 0.717) is 39.1 Å². The molecule has 0 amide bonds. The topological polar surface area (TPSA) is 83.0 Å². The summed E-state index contributed by atoms with van der Waals surface area (Å²) in [5.41, 5.74) is 4.04. The molecular formula is C25H20ClFN4O3. The number of aromatic nitrogens is 4. The Morgan fingerprint density at radius 2 is 1.91 bits per heavy atom. The maximum Gasteiger partial charge on any atom is 0.256 e. The zero-order valence-electron chi connectivity index (χ0n) is 18.9. The van der Waals surface area contributed by atoms with E-state index < -0.39 is 12.1 Å². The van der Waals surface area contributed by atoms with Gasteiger partial charge in [-0.3, -0.25) is 9.48 Å². The Morgan fingerprint density at radius 3 is 2.68 bits per heavy atom. The molecule has 0 aliphatic carbocycles. The number of hydrogen-bond donors (Lipinski definition) is 0. The molecule has 0 spiro atoms. The van der Waals surface area contributed by atoms with Gasteiger partial charge in [-0.1, -0.05) is 11.6 Å². The Bertz CT molecular complexity index is 1640. The van der Waals surface area contributed by atoms with Crippen LogP contribution in [0.25, 0.3) is 33.5 Å². The molecule has 0 fully saturated rings. The first-order valence-corrected chi connectivity index (χ1v) is 11.0. The van der Waals surface area contributed by atoms with Crippen LogP contribution in [0.3, 0.4) is 0 Å². The second-order valence-corrected chi connectivity index (χ2v) is 8.59. The van der Waals surface area contributed by atoms with E-state index in [4.69, 9.17) is 20.8 Å². The van der Waals surface area contributed by atoms with Gasteiger partial charge in [0.05, 0.1) is 11.6 Å². The normalized spacial score (nSPS) is 12.4. The number of rotatable bonds is 4. The van der Waals surface area contributed by atoms with Gasteiger partial charge >= 0.3 is 0 Å². The number of pyridine rings is 2. The third kappa shape index (κ3) is 3.80. The van der Waals surface area contributed by atoms with Crippen LogP contribution in [0.1, 0.15) is 29.7 Å². The van der Waals surface area contributed by atoms with Gasteiger partial charge in [-0.05, 0) is 62.7 Å². The lowest BCUT2D eigenvalue weighted by Crippen LogP contribution is -2.12. The van der Waals surface area contributed by atoms with Crippen LogP contribution in [0, 0.1) is 19.8 Å². The molecule has 5 aromatic rings. The maximum atomic E-state index is 14.2. The molecule has 4 aromatic heterocycles. The van der Waals surface area contributed by atoms with Gasteiger partial charge < -0.3 is 9.15 Å². The number of hydrogen-bond acceptors (Lipinski definition) is 6. The first-order chi connectivity index (χ1) is 16.2. The van der Waals surface area contributed by atoms with Crippen molar-refractivity contribution in [1.29, 1.82) is 0 Å². The van der Waals surface area contributed by atoms with Crippen LogP contribution in [-0.2, 0) is 7.05 Å². The highest BCUT2D eigenvalue weighted by Gasteiger charge is 2.21. The summed E-state index contributed by atoms with van der Waals surface area (Å²) in [5.74, 6) is -0.506. The van der Waals surface area contributed by atoms with Gasteiger partial charge in [-0.25, -0.2) is 9.97 Å². The van der Waals surface area contributed by atoms with E-state index >= 15 is 0 Å². The van der Waals surface area contributed by atoms with E-state index in [1.54, 1.807) is 36.9 Å². The monoisotopic (exact) mass is 478 g/mol. The lowest BCUT2D eigenvalue weighted by molar-refractivity contribution is 0.213. The minimum Gasteiger partial charge on any atom is -0.481 e. The molecule has 0 radical (unpaired) electrons. The Kier molecular flexibility index (Phi) is 5.32. The predicted octanol–water partition coefficient (Wildman–Crippen LogP) is 5.69. The summed E-state index contributed by atoms with van der Waals surface area (Å²) in [6.45, 7) is 5.34. The highest BCUT2D eigenvalue weighted by molar-refractivity contribution is 6.29. The molecule has 0 saturated heterocycles. The van der Waals surface area contributed by atoms with Gasteiger partial charge in [-0.15, -0.1) is 0 Å². The van der Waals surface area contributed by atoms with Crippen molar-refractivity contribution >= 4 is 33.6 Å². The largest absolute Gasteiger partial charge is 0.481 e. The lowest BCUT2D eigenvalue weighted by atomic mass is 10.0. The molecule has 34 heavy (non-hydrogen) atoms. The molecule has 7 nitrogen and oxygen atoms in total. The Labute approximate surface area is 198 Å². The zero-order valence-corrected chi connectivity index (χ0v) is 19.6. The summed E-state index contributed by atoms with van der Waals surface area (Å²) in [5, 5.41) is 4.79. The quantitative estimate of drug-likeness (QED) is 0.309. The average molecular weight is 479 g/mol. The number of ether oxygens (including phenoxy) is 1. The van der Waals surface area contributed by atoms with Crippen molar-refractivity contribution in [3.05, 3.63) is 80.6 Å². The van der Waals surface area contributed by atoms with Gasteiger partial charge in [0, 0.05) is 18.2 Å². The van der Waals surface area contributed by atoms with Crippen LogP contribution in [0.2, 0.25) is 5.15 Å². The summed E-state index contributed by atoms with van der Waals surface area (Å²) in [4.78, 5) is 21.6. The van der Waals surface area contributed by atoms with Gasteiger partial charge in [0.2, 0.25) is 0 Å². The molecule has 1 aromatic carbocycles. The van der Waals surface area contributed by atoms with E-state index in [1.165, 1.54) is 12.1 Å². The molecule has 0 aliphatic rings. The number of aryl methyl sites for hydroxylation is 2. The first kappa shape index (κ1) is 22.0. The fourth-order valence-electron chi connectivity index (χ4n) is 4.00. The molecule has 1 atom stereocenters. The molecule has 172 valence electrons. The molecule has 5 rings (SSSR count). The molecule has 0 saturated carbocycles. The van der Waals surface area contributed by atoms with E-state index in [0.717, 1.165) is 11.1 Å². The van der Waals surface area contributed by atoms with Crippen LogP contribution in [0.15, 0.2) is 51.8 Å². The molecule has 4 heterocycles. The van der Waals surface area contributed by atoms with Gasteiger partial charge in [0.1, 0.15) is 33.6 Å².